The third kappa shape index (κ3) is 4.78. The predicted molar refractivity (Wildman–Crippen MR) is 75.5 cm³/mol. The zero-order chi connectivity index (χ0) is 11.9. The average Bonchev–Trinajstić information content (AvgIpc) is 2.96. The first-order valence-electron chi connectivity index (χ1n) is 6.77. The maximum atomic E-state index is 3.67. The van der Waals surface area contributed by atoms with Crippen molar-refractivity contribution >= 4 is 11.3 Å². The van der Waals surface area contributed by atoms with Crippen molar-refractivity contribution in [1.29, 1.82) is 0 Å². The van der Waals surface area contributed by atoms with E-state index in [1.54, 1.807) is 11.3 Å². The lowest BCUT2D eigenvalue weighted by molar-refractivity contribution is 0.317. The number of hydrogen-bond donors (Lipinski definition) is 1. The third-order valence-corrected chi connectivity index (χ3v) is 4.27. The second-order valence-electron chi connectivity index (χ2n) is 5.16. The van der Waals surface area contributed by atoms with Crippen LogP contribution >= 0.6 is 11.3 Å². The van der Waals surface area contributed by atoms with Crippen molar-refractivity contribution in [1.82, 2.24) is 10.2 Å². The van der Waals surface area contributed by atoms with Gasteiger partial charge in [0.15, 0.2) is 0 Å². The Morgan fingerprint density at radius 1 is 1.41 bits per heavy atom. The van der Waals surface area contributed by atoms with Gasteiger partial charge < -0.3 is 10.2 Å². The molecule has 96 valence electrons. The van der Waals surface area contributed by atoms with Crippen LogP contribution in [0.15, 0.2) is 16.8 Å². The molecule has 1 aliphatic carbocycles. The van der Waals surface area contributed by atoms with Crippen LogP contribution in [0.3, 0.4) is 0 Å². The zero-order valence-electron chi connectivity index (χ0n) is 10.8. The Labute approximate surface area is 109 Å². The van der Waals surface area contributed by atoms with Gasteiger partial charge in [0.25, 0.3) is 0 Å². The molecule has 1 saturated carbocycles. The van der Waals surface area contributed by atoms with Crippen molar-refractivity contribution in [2.75, 3.05) is 20.1 Å². The molecule has 1 N–H and O–H groups in total. The van der Waals surface area contributed by atoms with Gasteiger partial charge >= 0.3 is 0 Å². The summed E-state index contributed by atoms with van der Waals surface area (Å²) >= 11 is 1.79. The van der Waals surface area contributed by atoms with Gasteiger partial charge in [-0.1, -0.05) is 12.8 Å². The molecule has 1 heterocycles. The summed E-state index contributed by atoms with van der Waals surface area (Å²) in [6.07, 6.45) is 6.90. The lowest BCUT2D eigenvalue weighted by Gasteiger charge is -2.17. The lowest BCUT2D eigenvalue weighted by Crippen LogP contribution is -2.29. The molecule has 3 heteroatoms. The van der Waals surface area contributed by atoms with Gasteiger partial charge in [0.1, 0.15) is 0 Å². The SMILES string of the molecule is CN(CCCNC1CCCC1)Cc1ccsc1. The van der Waals surface area contributed by atoms with Crippen LogP contribution < -0.4 is 5.32 Å². The summed E-state index contributed by atoms with van der Waals surface area (Å²) in [6, 6.07) is 3.04. The Bertz CT molecular complexity index is 291. The molecule has 0 amide bonds. The molecule has 2 rings (SSSR count). The van der Waals surface area contributed by atoms with Gasteiger partial charge in [-0.15, -0.1) is 0 Å². The van der Waals surface area contributed by atoms with Crippen LogP contribution in [0.2, 0.25) is 0 Å². The van der Waals surface area contributed by atoms with Gasteiger partial charge in [0.2, 0.25) is 0 Å². The summed E-state index contributed by atoms with van der Waals surface area (Å²) in [7, 11) is 2.22. The van der Waals surface area contributed by atoms with Crippen molar-refractivity contribution in [2.45, 2.75) is 44.7 Å². The van der Waals surface area contributed by atoms with Crippen LogP contribution in [0.1, 0.15) is 37.7 Å². The normalized spacial score (nSPS) is 17.1. The smallest absolute Gasteiger partial charge is 0.0238 e. The summed E-state index contributed by atoms with van der Waals surface area (Å²) in [6.45, 7) is 3.46. The van der Waals surface area contributed by atoms with Gasteiger partial charge in [-0.2, -0.15) is 11.3 Å². The van der Waals surface area contributed by atoms with Crippen LogP contribution in [0.5, 0.6) is 0 Å². The van der Waals surface area contributed by atoms with Crippen molar-refractivity contribution in [3.8, 4) is 0 Å². The fraction of sp³-hybridized carbons (Fsp3) is 0.714. The van der Waals surface area contributed by atoms with Gasteiger partial charge in [-0.05, 0) is 61.8 Å². The molecule has 1 aliphatic rings. The molecule has 1 aromatic rings. The lowest BCUT2D eigenvalue weighted by atomic mass is 10.2. The summed E-state index contributed by atoms with van der Waals surface area (Å²) in [5.41, 5.74) is 1.45. The fourth-order valence-electron chi connectivity index (χ4n) is 2.56. The standard InChI is InChI=1S/C14H24N2S/c1-16(11-13-7-10-17-12-13)9-4-8-15-14-5-2-3-6-14/h7,10,12,14-15H,2-6,8-9,11H2,1H3. The maximum absolute atomic E-state index is 3.67. The molecule has 0 saturated heterocycles. The third-order valence-electron chi connectivity index (χ3n) is 3.54. The first kappa shape index (κ1) is 13.1. The highest BCUT2D eigenvalue weighted by atomic mass is 32.1. The van der Waals surface area contributed by atoms with Crippen LogP contribution in [-0.4, -0.2) is 31.1 Å². The number of thiophene rings is 1. The predicted octanol–water partition coefficient (Wildman–Crippen LogP) is 3.10. The zero-order valence-corrected chi connectivity index (χ0v) is 11.6. The highest BCUT2D eigenvalue weighted by Crippen LogP contribution is 2.17. The second-order valence-corrected chi connectivity index (χ2v) is 5.94. The van der Waals surface area contributed by atoms with Crippen LogP contribution in [0, 0.1) is 0 Å². The van der Waals surface area contributed by atoms with Crippen molar-refractivity contribution in [2.24, 2.45) is 0 Å². The highest BCUT2D eigenvalue weighted by molar-refractivity contribution is 7.07. The molecule has 0 atom stereocenters. The molecule has 0 aromatic carbocycles. The van der Waals surface area contributed by atoms with Crippen molar-refractivity contribution in [3.63, 3.8) is 0 Å². The molecule has 0 aliphatic heterocycles. The minimum Gasteiger partial charge on any atom is -0.314 e. The van der Waals surface area contributed by atoms with Gasteiger partial charge in [0.05, 0.1) is 0 Å². The first-order valence-corrected chi connectivity index (χ1v) is 7.72. The molecule has 0 bridgehead atoms. The van der Waals surface area contributed by atoms with Crippen LogP contribution in [-0.2, 0) is 6.54 Å². The molecule has 1 aromatic heterocycles. The molecular formula is C14H24N2S. The van der Waals surface area contributed by atoms with Crippen LogP contribution in [0.4, 0.5) is 0 Å². The molecule has 2 nitrogen and oxygen atoms in total. The van der Waals surface area contributed by atoms with E-state index in [4.69, 9.17) is 0 Å². The largest absolute Gasteiger partial charge is 0.314 e. The number of rotatable bonds is 7. The topological polar surface area (TPSA) is 15.3 Å². The Morgan fingerprint density at radius 3 is 2.94 bits per heavy atom. The van der Waals surface area contributed by atoms with Crippen molar-refractivity contribution in [3.05, 3.63) is 22.4 Å². The molecule has 0 spiro atoms. The fourth-order valence-corrected chi connectivity index (χ4v) is 3.22. The van der Waals surface area contributed by atoms with Gasteiger partial charge in [-0.3, -0.25) is 0 Å². The molecule has 0 radical (unpaired) electrons. The molecular weight excluding hydrogens is 228 g/mol. The second kappa shape index (κ2) is 7.14. The summed E-state index contributed by atoms with van der Waals surface area (Å²) < 4.78 is 0. The molecule has 17 heavy (non-hydrogen) atoms. The van der Waals surface area contributed by atoms with E-state index in [0.717, 1.165) is 12.6 Å². The Balaban J connectivity index is 1.52. The minimum absolute atomic E-state index is 0.817. The van der Waals surface area contributed by atoms with Crippen molar-refractivity contribution < 1.29 is 0 Å². The first-order chi connectivity index (χ1) is 8.34. The summed E-state index contributed by atoms with van der Waals surface area (Å²) in [4.78, 5) is 2.42. The minimum atomic E-state index is 0.817. The molecule has 1 fully saturated rings. The Hall–Kier alpha value is -0.380. The number of nitrogens with one attached hydrogen (secondary N) is 1. The monoisotopic (exact) mass is 252 g/mol. The summed E-state index contributed by atoms with van der Waals surface area (Å²) in [5.74, 6) is 0. The molecule has 0 unspecified atom stereocenters. The van der Waals surface area contributed by atoms with Crippen LogP contribution in [0.25, 0.3) is 0 Å². The average molecular weight is 252 g/mol. The quantitative estimate of drug-likeness (QED) is 0.750. The van der Waals surface area contributed by atoms with E-state index in [1.165, 1.54) is 50.8 Å². The van der Waals surface area contributed by atoms with E-state index in [0.29, 0.717) is 0 Å². The van der Waals surface area contributed by atoms with E-state index in [-0.39, 0.29) is 0 Å². The van der Waals surface area contributed by atoms with E-state index in [2.05, 4.69) is 34.1 Å². The maximum Gasteiger partial charge on any atom is 0.0238 e. The number of nitrogens with zero attached hydrogens (tertiary/aromatic N) is 1. The Kier molecular flexibility index (Phi) is 5.49. The summed E-state index contributed by atoms with van der Waals surface area (Å²) in [5, 5.41) is 8.07. The van der Waals surface area contributed by atoms with E-state index in [1.807, 2.05) is 0 Å². The van der Waals surface area contributed by atoms with Gasteiger partial charge in [0, 0.05) is 12.6 Å². The van der Waals surface area contributed by atoms with E-state index >= 15 is 0 Å². The number of hydrogen-bond acceptors (Lipinski definition) is 3. The Morgan fingerprint density at radius 2 is 2.24 bits per heavy atom. The van der Waals surface area contributed by atoms with Gasteiger partial charge in [-0.25, -0.2) is 0 Å². The van der Waals surface area contributed by atoms with E-state index in [9.17, 15) is 0 Å². The highest BCUT2D eigenvalue weighted by Gasteiger charge is 2.13. The van der Waals surface area contributed by atoms with E-state index < -0.39 is 0 Å².